The standard InChI is InChI=1S/C27H41NO4Si/c1-20-18-23(26(30)31-6)14-15-24(20)25(29)19-28(21(2)22-12-10-9-11-13-22)16-17-32-33(7,8)27(3,4)5/h9-15,18,21,25,29H,16-17,19H2,1-8H3/t21-,25?/m1/s1. The van der Waals surface area contributed by atoms with E-state index in [1.165, 1.54) is 12.7 Å². The van der Waals surface area contributed by atoms with Gasteiger partial charge in [-0.1, -0.05) is 57.2 Å². The number of benzene rings is 2. The lowest BCUT2D eigenvalue weighted by molar-refractivity contribution is 0.0599. The Bertz CT molecular complexity index is 908. The number of hydrogen-bond donors (Lipinski definition) is 1. The molecule has 0 saturated heterocycles. The zero-order valence-electron chi connectivity index (χ0n) is 21.5. The average Bonchev–Trinajstić information content (AvgIpc) is 2.76. The van der Waals surface area contributed by atoms with Crippen LogP contribution in [0.2, 0.25) is 18.1 Å². The van der Waals surface area contributed by atoms with Crippen molar-refractivity contribution in [2.24, 2.45) is 0 Å². The molecule has 2 rings (SSSR count). The second-order valence-electron chi connectivity index (χ2n) is 10.3. The predicted molar refractivity (Wildman–Crippen MR) is 137 cm³/mol. The third-order valence-electron chi connectivity index (χ3n) is 6.93. The number of rotatable bonds is 10. The average molecular weight is 472 g/mol. The van der Waals surface area contributed by atoms with Crippen LogP contribution < -0.4 is 0 Å². The Morgan fingerprint density at radius 2 is 1.76 bits per heavy atom. The molecule has 2 aromatic carbocycles. The molecule has 6 heteroatoms. The first kappa shape index (κ1) is 27.3. The molecule has 1 unspecified atom stereocenters. The predicted octanol–water partition coefficient (Wildman–Crippen LogP) is 5.90. The van der Waals surface area contributed by atoms with Gasteiger partial charge in [-0.2, -0.15) is 0 Å². The van der Waals surface area contributed by atoms with Crippen LogP contribution in [0.25, 0.3) is 0 Å². The molecule has 2 atom stereocenters. The molecule has 0 amide bonds. The van der Waals surface area contributed by atoms with Crippen LogP contribution in [-0.4, -0.2) is 51.1 Å². The largest absolute Gasteiger partial charge is 0.465 e. The lowest BCUT2D eigenvalue weighted by Gasteiger charge is -2.38. The highest BCUT2D eigenvalue weighted by Crippen LogP contribution is 2.36. The minimum atomic E-state index is -1.85. The summed E-state index contributed by atoms with van der Waals surface area (Å²) in [6, 6.07) is 15.8. The molecule has 0 fully saturated rings. The molecule has 0 heterocycles. The van der Waals surface area contributed by atoms with Crippen LogP contribution in [0, 0.1) is 6.92 Å². The first-order valence-corrected chi connectivity index (χ1v) is 14.6. The third-order valence-corrected chi connectivity index (χ3v) is 11.5. The van der Waals surface area contributed by atoms with Crippen LogP contribution >= 0.6 is 0 Å². The van der Waals surface area contributed by atoms with Crippen LogP contribution in [0.4, 0.5) is 0 Å². The van der Waals surface area contributed by atoms with Crippen LogP contribution in [0.5, 0.6) is 0 Å². The van der Waals surface area contributed by atoms with Gasteiger partial charge in [-0.25, -0.2) is 4.79 Å². The Morgan fingerprint density at radius 3 is 2.30 bits per heavy atom. The van der Waals surface area contributed by atoms with E-state index >= 15 is 0 Å². The molecule has 2 aromatic rings. The molecule has 0 radical (unpaired) electrons. The molecular formula is C27H41NO4Si. The Kier molecular flexibility index (Phi) is 9.44. The summed E-state index contributed by atoms with van der Waals surface area (Å²) >= 11 is 0. The maximum atomic E-state index is 11.8. The molecule has 1 N–H and O–H groups in total. The summed E-state index contributed by atoms with van der Waals surface area (Å²) in [6.07, 6.45) is -0.685. The van der Waals surface area contributed by atoms with E-state index in [-0.39, 0.29) is 17.0 Å². The van der Waals surface area contributed by atoms with Crippen LogP contribution in [-0.2, 0) is 9.16 Å². The van der Waals surface area contributed by atoms with Crippen LogP contribution in [0.1, 0.15) is 66.9 Å². The Morgan fingerprint density at radius 1 is 1.12 bits per heavy atom. The second kappa shape index (κ2) is 11.4. The SMILES string of the molecule is COC(=O)c1ccc(C(O)CN(CCO[Si](C)(C)C(C)(C)C)[C@H](C)c2ccccc2)c(C)c1. The van der Waals surface area contributed by atoms with Crippen molar-refractivity contribution in [2.75, 3.05) is 26.8 Å². The van der Waals surface area contributed by atoms with Gasteiger partial charge in [0.2, 0.25) is 0 Å². The van der Waals surface area contributed by atoms with Crippen LogP contribution in [0.15, 0.2) is 48.5 Å². The number of aliphatic hydroxyl groups is 1. The third kappa shape index (κ3) is 7.24. The monoisotopic (exact) mass is 471 g/mol. The van der Waals surface area contributed by atoms with Gasteiger partial charge in [-0.05, 0) is 60.8 Å². The molecule has 0 spiro atoms. The smallest absolute Gasteiger partial charge is 0.337 e. The van der Waals surface area contributed by atoms with E-state index < -0.39 is 14.4 Å². The van der Waals surface area contributed by atoms with Crippen molar-refractivity contribution in [1.29, 1.82) is 0 Å². The number of esters is 1. The van der Waals surface area contributed by atoms with Crippen molar-refractivity contribution in [1.82, 2.24) is 4.90 Å². The highest BCUT2D eigenvalue weighted by Gasteiger charge is 2.37. The Balaban J connectivity index is 2.20. The first-order valence-electron chi connectivity index (χ1n) is 11.7. The van der Waals surface area contributed by atoms with E-state index in [0.29, 0.717) is 18.7 Å². The van der Waals surface area contributed by atoms with E-state index in [1.54, 1.807) is 12.1 Å². The summed E-state index contributed by atoms with van der Waals surface area (Å²) in [4.78, 5) is 14.1. The van der Waals surface area contributed by atoms with Gasteiger partial charge in [0.15, 0.2) is 8.32 Å². The molecule has 0 aliphatic heterocycles. The van der Waals surface area contributed by atoms with Gasteiger partial charge in [0.1, 0.15) is 0 Å². The number of carbonyl (C=O) groups is 1. The minimum Gasteiger partial charge on any atom is -0.465 e. The lowest BCUT2D eigenvalue weighted by atomic mass is 9.99. The number of aliphatic hydroxyl groups excluding tert-OH is 1. The summed E-state index contributed by atoms with van der Waals surface area (Å²) in [5.41, 5.74) is 3.38. The Labute approximate surface area is 200 Å². The molecular weight excluding hydrogens is 430 g/mol. The van der Waals surface area contributed by atoms with Crippen molar-refractivity contribution in [3.8, 4) is 0 Å². The van der Waals surface area contributed by atoms with E-state index in [0.717, 1.165) is 17.7 Å². The van der Waals surface area contributed by atoms with Crippen molar-refractivity contribution >= 4 is 14.3 Å². The van der Waals surface area contributed by atoms with Crippen LogP contribution in [0.3, 0.4) is 0 Å². The fraction of sp³-hybridized carbons (Fsp3) is 0.519. The number of hydrogen-bond acceptors (Lipinski definition) is 5. The molecule has 5 nitrogen and oxygen atoms in total. The maximum absolute atomic E-state index is 11.8. The summed E-state index contributed by atoms with van der Waals surface area (Å²) in [7, 11) is -0.482. The number of nitrogens with zero attached hydrogens (tertiary/aromatic N) is 1. The fourth-order valence-electron chi connectivity index (χ4n) is 3.63. The van der Waals surface area contributed by atoms with E-state index in [9.17, 15) is 9.90 Å². The number of carbonyl (C=O) groups excluding carboxylic acids is 1. The first-order chi connectivity index (χ1) is 15.4. The molecule has 0 saturated carbocycles. The minimum absolute atomic E-state index is 0.124. The topological polar surface area (TPSA) is 59.0 Å². The molecule has 0 aromatic heterocycles. The van der Waals surface area contributed by atoms with E-state index in [2.05, 4.69) is 57.8 Å². The van der Waals surface area contributed by atoms with E-state index in [1.807, 2.05) is 31.2 Å². The lowest BCUT2D eigenvalue weighted by Crippen LogP contribution is -2.43. The zero-order valence-corrected chi connectivity index (χ0v) is 22.5. The van der Waals surface area contributed by atoms with Crippen molar-refractivity contribution < 1.29 is 19.1 Å². The molecule has 0 bridgehead atoms. The van der Waals surface area contributed by atoms with Gasteiger partial charge < -0.3 is 14.3 Å². The fourth-order valence-corrected chi connectivity index (χ4v) is 4.67. The summed E-state index contributed by atoms with van der Waals surface area (Å²) < 4.78 is 11.3. The summed E-state index contributed by atoms with van der Waals surface area (Å²) in [5.74, 6) is -0.374. The highest BCUT2D eigenvalue weighted by molar-refractivity contribution is 6.74. The van der Waals surface area contributed by atoms with E-state index in [4.69, 9.17) is 9.16 Å². The van der Waals surface area contributed by atoms with Gasteiger partial charge in [0.25, 0.3) is 0 Å². The Hall–Kier alpha value is -1.99. The number of ether oxygens (including phenoxy) is 1. The maximum Gasteiger partial charge on any atom is 0.337 e. The number of methoxy groups -OCH3 is 1. The van der Waals surface area contributed by atoms with Crippen molar-refractivity contribution in [2.45, 2.75) is 64.9 Å². The molecule has 0 aliphatic carbocycles. The van der Waals surface area contributed by atoms with Crippen molar-refractivity contribution in [3.05, 3.63) is 70.8 Å². The van der Waals surface area contributed by atoms with Gasteiger partial charge in [0, 0.05) is 25.7 Å². The molecule has 0 aliphatic rings. The van der Waals surface area contributed by atoms with Gasteiger partial charge in [0.05, 0.1) is 18.8 Å². The quantitative estimate of drug-likeness (QED) is 0.345. The zero-order chi connectivity index (χ0) is 24.8. The normalized spacial score (nSPS) is 14.2. The van der Waals surface area contributed by atoms with Gasteiger partial charge >= 0.3 is 5.97 Å². The molecule has 182 valence electrons. The van der Waals surface area contributed by atoms with Gasteiger partial charge in [-0.3, -0.25) is 4.90 Å². The highest BCUT2D eigenvalue weighted by atomic mass is 28.4. The summed E-state index contributed by atoms with van der Waals surface area (Å²) in [6.45, 7) is 17.2. The number of aryl methyl sites for hydroxylation is 1. The molecule has 33 heavy (non-hydrogen) atoms. The van der Waals surface area contributed by atoms with Gasteiger partial charge in [-0.15, -0.1) is 0 Å². The van der Waals surface area contributed by atoms with Crippen molar-refractivity contribution in [3.63, 3.8) is 0 Å². The summed E-state index contributed by atoms with van der Waals surface area (Å²) in [5, 5.41) is 11.3. The second-order valence-corrected chi connectivity index (χ2v) is 15.1.